The molecule has 0 radical (unpaired) electrons. The van der Waals surface area contributed by atoms with Crippen LogP contribution >= 0.6 is 0 Å². The van der Waals surface area contributed by atoms with Crippen molar-refractivity contribution in [2.24, 2.45) is 5.73 Å². The molecule has 0 spiro atoms. The van der Waals surface area contributed by atoms with E-state index in [2.05, 4.69) is 10.9 Å². The Kier molecular flexibility index (Phi) is 4.95. The largest absolute Gasteiger partial charge is 0.328 e. The van der Waals surface area contributed by atoms with Crippen molar-refractivity contribution in [2.75, 3.05) is 13.6 Å². The van der Waals surface area contributed by atoms with Crippen molar-refractivity contribution in [2.45, 2.75) is 19.4 Å². The monoisotopic (exact) mass is 117 g/mol. The van der Waals surface area contributed by atoms with Crippen LogP contribution in [0.2, 0.25) is 0 Å². The first-order valence-corrected chi connectivity index (χ1v) is 2.92. The fourth-order valence-corrected chi connectivity index (χ4v) is 0.425. The minimum Gasteiger partial charge on any atom is -0.328 e. The fraction of sp³-hybridized carbons (Fsp3) is 1.00. The summed E-state index contributed by atoms with van der Waals surface area (Å²) in [5.74, 6) is 0. The molecule has 0 aliphatic heterocycles. The minimum absolute atomic E-state index is 0.302. The molecule has 0 fully saturated rings. The van der Waals surface area contributed by atoms with Crippen LogP contribution in [0.15, 0.2) is 0 Å². The average Bonchev–Trinajstić information content (AvgIpc) is 1.66. The Morgan fingerprint density at radius 1 is 1.62 bits per heavy atom. The molecule has 0 aromatic carbocycles. The van der Waals surface area contributed by atoms with E-state index in [1.807, 2.05) is 14.0 Å². The Balaban J connectivity index is 2.72. The molecule has 3 nitrogen and oxygen atoms in total. The van der Waals surface area contributed by atoms with Gasteiger partial charge in [-0.15, -0.1) is 0 Å². The Bertz CT molecular complexity index is 44.9. The van der Waals surface area contributed by atoms with Crippen molar-refractivity contribution in [3.8, 4) is 0 Å². The molecule has 0 aliphatic rings. The molecule has 8 heavy (non-hydrogen) atoms. The highest BCUT2D eigenvalue weighted by Gasteiger charge is 1.89. The van der Waals surface area contributed by atoms with Crippen LogP contribution in [0, 0.1) is 0 Å². The molecule has 0 bridgehead atoms. The molecular formula is C5H15N3. The summed E-state index contributed by atoms with van der Waals surface area (Å²) in [6.45, 7) is 2.94. The Labute approximate surface area is 50.6 Å². The SMILES string of the molecule is CNNCC[C@@H](C)N. The molecule has 0 unspecified atom stereocenters. The molecule has 0 saturated heterocycles. The van der Waals surface area contributed by atoms with Gasteiger partial charge in [-0.25, -0.2) is 0 Å². The second-order valence-corrected chi connectivity index (χ2v) is 1.94. The van der Waals surface area contributed by atoms with Crippen LogP contribution in [0.1, 0.15) is 13.3 Å². The maximum absolute atomic E-state index is 5.47. The summed E-state index contributed by atoms with van der Waals surface area (Å²) in [6.07, 6.45) is 1.01. The van der Waals surface area contributed by atoms with Gasteiger partial charge < -0.3 is 5.73 Å². The number of hydrogen-bond acceptors (Lipinski definition) is 3. The van der Waals surface area contributed by atoms with Gasteiger partial charge in [-0.3, -0.25) is 10.9 Å². The summed E-state index contributed by atoms with van der Waals surface area (Å²) >= 11 is 0. The molecule has 0 aliphatic carbocycles. The molecule has 0 amide bonds. The van der Waals surface area contributed by atoms with Gasteiger partial charge in [0.05, 0.1) is 0 Å². The second-order valence-electron chi connectivity index (χ2n) is 1.94. The van der Waals surface area contributed by atoms with E-state index in [1.54, 1.807) is 0 Å². The Hall–Kier alpha value is -0.120. The average molecular weight is 117 g/mol. The Morgan fingerprint density at radius 3 is 2.62 bits per heavy atom. The molecule has 0 aromatic rings. The lowest BCUT2D eigenvalue weighted by Gasteiger charge is -2.03. The molecule has 1 atom stereocenters. The third-order valence-corrected chi connectivity index (χ3v) is 0.901. The molecular weight excluding hydrogens is 102 g/mol. The summed E-state index contributed by atoms with van der Waals surface area (Å²) in [7, 11) is 1.85. The molecule has 0 heterocycles. The van der Waals surface area contributed by atoms with Crippen LogP contribution in [0.4, 0.5) is 0 Å². The first-order chi connectivity index (χ1) is 3.77. The van der Waals surface area contributed by atoms with Crippen LogP contribution in [-0.4, -0.2) is 19.6 Å². The van der Waals surface area contributed by atoms with E-state index in [9.17, 15) is 0 Å². The van der Waals surface area contributed by atoms with Crippen molar-refractivity contribution in [1.29, 1.82) is 0 Å². The standard InChI is InChI=1S/C5H15N3/c1-5(6)3-4-8-7-2/h5,7-8H,3-4,6H2,1-2H3/t5-/m1/s1. The van der Waals surface area contributed by atoms with Gasteiger partial charge in [0.15, 0.2) is 0 Å². The van der Waals surface area contributed by atoms with Gasteiger partial charge in [0, 0.05) is 12.6 Å². The van der Waals surface area contributed by atoms with E-state index >= 15 is 0 Å². The van der Waals surface area contributed by atoms with Crippen LogP contribution < -0.4 is 16.6 Å². The smallest absolute Gasteiger partial charge is 0.0114 e. The molecule has 0 rings (SSSR count). The van der Waals surface area contributed by atoms with Crippen LogP contribution in [0.5, 0.6) is 0 Å². The highest BCUT2D eigenvalue weighted by atomic mass is 15.3. The molecule has 3 heteroatoms. The third-order valence-electron chi connectivity index (χ3n) is 0.901. The normalized spacial score (nSPS) is 13.9. The Morgan fingerprint density at radius 2 is 2.25 bits per heavy atom. The fourth-order valence-electron chi connectivity index (χ4n) is 0.425. The highest BCUT2D eigenvalue weighted by Crippen LogP contribution is 1.79. The van der Waals surface area contributed by atoms with Gasteiger partial charge in [0.25, 0.3) is 0 Å². The zero-order valence-electron chi connectivity index (χ0n) is 5.57. The van der Waals surface area contributed by atoms with Gasteiger partial charge in [-0.2, -0.15) is 0 Å². The lowest BCUT2D eigenvalue weighted by molar-refractivity contribution is 0.540. The topological polar surface area (TPSA) is 50.1 Å². The van der Waals surface area contributed by atoms with E-state index in [-0.39, 0.29) is 0 Å². The molecule has 0 aromatic heterocycles. The van der Waals surface area contributed by atoms with E-state index in [4.69, 9.17) is 5.73 Å². The summed E-state index contributed by atoms with van der Waals surface area (Å²) in [4.78, 5) is 0. The zero-order chi connectivity index (χ0) is 6.41. The van der Waals surface area contributed by atoms with Gasteiger partial charge in [0.1, 0.15) is 0 Å². The highest BCUT2D eigenvalue weighted by molar-refractivity contribution is 4.52. The van der Waals surface area contributed by atoms with Crippen LogP contribution in [-0.2, 0) is 0 Å². The minimum atomic E-state index is 0.302. The van der Waals surface area contributed by atoms with Gasteiger partial charge in [-0.1, -0.05) is 0 Å². The maximum Gasteiger partial charge on any atom is 0.0114 e. The maximum atomic E-state index is 5.47. The van der Waals surface area contributed by atoms with E-state index < -0.39 is 0 Å². The first-order valence-electron chi connectivity index (χ1n) is 2.92. The van der Waals surface area contributed by atoms with Crippen molar-refractivity contribution in [3.63, 3.8) is 0 Å². The van der Waals surface area contributed by atoms with E-state index in [0.717, 1.165) is 13.0 Å². The first kappa shape index (κ1) is 7.88. The van der Waals surface area contributed by atoms with Crippen molar-refractivity contribution < 1.29 is 0 Å². The lowest BCUT2D eigenvalue weighted by Crippen LogP contribution is -2.31. The van der Waals surface area contributed by atoms with Crippen molar-refractivity contribution in [1.82, 2.24) is 10.9 Å². The van der Waals surface area contributed by atoms with E-state index in [0.29, 0.717) is 6.04 Å². The summed E-state index contributed by atoms with van der Waals surface area (Å²) < 4.78 is 0. The quantitative estimate of drug-likeness (QED) is 0.342. The zero-order valence-corrected chi connectivity index (χ0v) is 5.57. The summed E-state index contributed by atoms with van der Waals surface area (Å²) in [5.41, 5.74) is 11.2. The van der Waals surface area contributed by atoms with Gasteiger partial charge >= 0.3 is 0 Å². The second kappa shape index (κ2) is 5.03. The number of nitrogens with two attached hydrogens (primary N) is 1. The third kappa shape index (κ3) is 5.88. The van der Waals surface area contributed by atoms with E-state index in [1.165, 1.54) is 0 Å². The number of hydrogen-bond donors (Lipinski definition) is 3. The molecule has 4 N–H and O–H groups in total. The summed E-state index contributed by atoms with van der Waals surface area (Å²) in [5, 5.41) is 0. The van der Waals surface area contributed by atoms with Gasteiger partial charge in [0.2, 0.25) is 0 Å². The molecule has 0 saturated carbocycles. The predicted molar refractivity (Wildman–Crippen MR) is 35.3 cm³/mol. The lowest BCUT2D eigenvalue weighted by atomic mass is 10.3. The van der Waals surface area contributed by atoms with Crippen molar-refractivity contribution in [3.05, 3.63) is 0 Å². The number of hydrazine groups is 1. The number of rotatable bonds is 4. The van der Waals surface area contributed by atoms with Crippen LogP contribution in [0.25, 0.3) is 0 Å². The number of nitrogens with one attached hydrogen (secondary N) is 2. The van der Waals surface area contributed by atoms with Gasteiger partial charge in [-0.05, 0) is 20.4 Å². The van der Waals surface area contributed by atoms with Crippen molar-refractivity contribution >= 4 is 0 Å². The van der Waals surface area contributed by atoms with Crippen LogP contribution in [0.3, 0.4) is 0 Å². The molecule has 50 valence electrons. The summed E-state index contributed by atoms with van der Waals surface area (Å²) in [6, 6.07) is 0.302. The predicted octanol–water partition coefficient (Wildman–Crippen LogP) is -0.552.